The van der Waals surface area contributed by atoms with E-state index in [9.17, 15) is 9.90 Å². The highest BCUT2D eigenvalue weighted by molar-refractivity contribution is 5.74. The summed E-state index contributed by atoms with van der Waals surface area (Å²) in [6.45, 7) is 13.3. The van der Waals surface area contributed by atoms with Crippen LogP contribution in [0.15, 0.2) is 0 Å². The van der Waals surface area contributed by atoms with Gasteiger partial charge in [-0.15, -0.1) is 0 Å². The summed E-state index contributed by atoms with van der Waals surface area (Å²) < 4.78 is 0. The first-order valence-electron chi connectivity index (χ1n) is 9.54. The Hall–Kier alpha value is -0.530. The van der Waals surface area contributed by atoms with Gasteiger partial charge in [0.05, 0.1) is 5.41 Å². The van der Waals surface area contributed by atoms with Crippen molar-refractivity contribution >= 4 is 5.97 Å². The molecule has 0 aromatic rings. The third kappa shape index (κ3) is 7.65. The molecule has 0 saturated carbocycles. The zero-order valence-corrected chi connectivity index (χ0v) is 16.0. The maximum atomic E-state index is 12.1. The molecule has 2 heteroatoms. The lowest BCUT2D eigenvalue weighted by atomic mass is 9.69. The fraction of sp³-hybridized carbons (Fsp3) is 0.950. The maximum absolute atomic E-state index is 12.1. The average molecular weight is 313 g/mol. The Bertz CT molecular complexity index is 300. The highest BCUT2D eigenvalue weighted by Crippen LogP contribution is 2.41. The minimum absolute atomic E-state index is 0.498. The molecule has 0 bridgehead atoms. The van der Waals surface area contributed by atoms with Crippen molar-refractivity contribution < 1.29 is 9.90 Å². The van der Waals surface area contributed by atoms with Gasteiger partial charge in [0, 0.05) is 0 Å². The SMILES string of the molecule is CCCC(C)CC(C)CC(CCC)(CC(C)CCC)C(=O)O. The van der Waals surface area contributed by atoms with Crippen molar-refractivity contribution in [3.05, 3.63) is 0 Å². The van der Waals surface area contributed by atoms with E-state index in [1.807, 2.05) is 0 Å². The van der Waals surface area contributed by atoms with E-state index in [4.69, 9.17) is 0 Å². The highest BCUT2D eigenvalue weighted by Gasteiger charge is 2.39. The molecule has 0 aliphatic rings. The molecule has 132 valence electrons. The van der Waals surface area contributed by atoms with Crippen LogP contribution in [0.4, 0.5) is 0 Å². The smallest absolute Gasteiger partial charge is 0.309 e. The van der Waals surface area contributed by atoms with Gasteiger partial charge in [-0.2, -0.15) is 0 Å². The van der Waals surface area contributed by atoms with Crippen molar-refractivity contribution in [3.8, 4) is 0 Å². The molecule has 0 spiro atoms. The Balaban J connectivity index is 4.93. The lowest BCUT2D eigenvalue weighted by Crippen LogP contribution is -2.35. The van der Waals surface area contributed by atoms with Gasteiger partial charge >= 0.3 is 5.97 Å². The Morgan fingerprint density at radius 2 is 1.36 bits per heavy atom. The van der Waals surface area contributed by atoms with Crippen molar-refractivity contribution in [2.24, 2.45) is 23.2 Å². The Morgan fingerprint density at radius 1 is 0.864 bits per heavy atom. The molecule has 2 nitrogen and oxygen atoms in total. The van der Waals surface area contributed by atoms with Crippen molar-refractivity contribution in [3.63, 3.8) is 0 Å². The van der Waals surface area contributed by atoms with Gasteiger partial charge in [-0.05, 0) is 43.4 Å². The maximum Gasteiger partial charge on any atom is 0.309 e. The summed E-state index contributed by atoms with van der Waals surface area (Å²) in [5, 5.41) is 9.96. The minimum Gasteiger partial charge on any atom is -0.481 e. The van der Waals surface area contributed by atoms with E-state index in [0.717, 1.165) is 44.9 Å². The van der Waals surface area contributed by atoms with Crippen molar-refractivity contribution in [1.82, 2.24) is 0 Å². The molecule has 0 aromatic heterocycles. The van der Waals surface area contributed by atoms with Crippen LogP contribution in [-0.4, -0.2) is 11.1 Å². The number of carboxylic acid groups (broad SMARTS) is 1. The third-order valence-electron chi connectivity index (χ3n) is 5.03. The normalized spacial score (nSPS) is 18.5. The van der Waals surface area contributed by atoms with Gasteiger partial charge in [-0.25, -0.2) is 0 Å². The molecule has 0 fully saturated rings. The van der Waals surface area contributed by atoms with Gasteiger partial charge in [-0.3, -0.25) is 4.79 Å². The van der Waals surface area contributed by atoms with Gasteiger partial charge < -0.3 is 5.11 Å². The van der Waals surface area contributed by atoms with Crippen molar-refractivity contribution in [1.29, 1.82) is 0 Å². The highest BCUT2D eigenvalue weighted by atomic mass is 16.4. The summed E-state index contributed by atoms with van der Waals surface area (Å²) in [5.41, 5.74) is -0.505. The van der Waals surface area contributed by atoms with E-state index in [1.165, 1.54) is 12.8 Å². The monoisotopic (exact) mass is 312 g/mol. The van der Waals surface area contributed by atoms with E-state index in [-0.39, 0.29) is 0 Å². The van der Waals surface area contributed by atoms with Crippen LogP contribution >= 0.6 is 0 Å². The molecule has 0 rings (SSSR count). The fourth-order valence-electron chi connectivity index (χ4n) is 4.36. The second-order valence-corrected chi connectivity index (χ2v) is 7.87. The standard InChI is InChI=1S/C20H40O2/c1-7-10-16(4)13-18(6)15-20(12-9-3,19(21)22)14-17(5)11-8-2/h16-18H,7-15H2,1-6H3,(H,21,22). The lowest BCUT2D eigenvalue weighted by molar-refractivity contribution is -0.152. The van der Waals surface area contributed by atoms with E-state index in [0.29, 0.717) is 17.8 Å². The van der Waals surface area contributed by atoms with Crippen molar-refractivity contribution in [2.45, 2.75) is 99.3 Å². The summed E-state index contributed by atoms with van der Waals surface area (Å²) in [4.78, 5) is 12.1. The molecule has 0 aliphatic carbocycles. The van der Waals surface area contributed by atoms with Crippen LogP contribution in [0, 0.1) is 23.2 Å². The fourth-order valence-corrected chi connectivity index (χ4v) is 4.36. The van der Waals surface area contributed by atoms with Gasteiger partial charge in [0.25, 0.3) is 0 Å². The zero-order chi connectivity index (χ0) is 17.2. The first-order chi connectivity index (χ1) is 10.3. The first kappa shape index (κ1) is 21.5. The summed E-state index contributed by atoms with van der Waals surface area (Å²) in [5.74, 6) is 1.15. The van der Waals surface area contributed by atoms with Crippen LogP contribution in [-0.2, 0) is 4.79 Å². The molecule has 1 N–H and O–H groups in total. The quantitative estimate of drug-likeness (QED) is 0.419. The van der Waals surface area contributed by atoms with E-state index in [2.05, 4.69) is 41.5 Å². The van der Waals surface area contributed by atoms with Crippen LogP contribution in [0.3, 0.4) is 0 Å². The van der Waals surface area contributed by atoms with Crippen LogP contribution < -0.4 is 0 Å². The summed E-state index contributed by atoms with van der Waals surface area (Å²) in [6, 6.07) is 0. The largest absolute Gasteiger partial charge is 0.481 e. The molecule has 22 heavy (non-hydrogen) atoms. The van der Waals surface area contributed by atoms with E-state index in [1.54, 1.807) is 0 Å². The Kier molecular flexibility index (Phi) is 10.8. The predicted octanol–water partition coefficient (Wildman–Crippen LogP) is 6.54. The summed E-state index contributed by atoms with van der Waals surface area (Å²) in [7, 11) is 0. The summed E-state index contributed by atoms with van der Waals surface area (Å²) in [6.07, 6.45) is 9.39. The van der Waals surface area contributed by atoms with Gasteiger partial charge in [0.2, 0.25) is 0 Å². The van der Waals surface area contributed by atoms with Crippen molar-refractivity contribution in [2.75, 3.05) is 0 Å². The van der Waals surface area contributed by atoms with Crippen LogP contribution in [0.5, 0.6) is 0 Å². The van der Waals surface area contributed by atoms with E-state index < -0.39 is 11.4 Å². The second kappa shape index (κ2) is 11.1. The third-order valence-corrected chi connectivity index (χ3v) is 5.03. The van der Waals surface area contributed by atoms with Gasteiger partial charge in [0.1, 0.15) is 0 Å². The van der Waals surface area contributed by atoms with Crippen LogP contribution in [0.2, 0.25) is 0 Å². The zero-order valence-electron chi connectivity index (χ0n) is 16.0. The number of hydrogen-bond acceptors (Lipinski definition) is 1. The number of aliphatic carboxylic acids is 1. The number of carbonyl (C=O) groups is 1. The molecule has 0 amide bonds. The molecule has 4 atom stereocenters. The number of hydrogen-bond donors (Lipinski definition) is 1. The average Bonchev–Trinajstić information content (AvgIpc) is 2.38. The Morgan fingerprint density at radius 3 is 1.82 bits per heavy atom. The molecule has 0 saturated heterocycles. The Labute approximate surface area is 139 Å². The molecule has 0 aromatic carbocycles. The van der Waals surface area contributed by atoms with Gasteiger partial charge in [0.15, 0.2) is 0 Å². The van der Waals surface area contributed by atoms with Crippen LogP contribution in [0.25, 0.3) is 0 Å². The topological polar surface area (TPSA) is 37.3 Å². The van der Waals surface area contributed by atoms with Gasteiger partial charge in [-0.1, -0.05) is 73.6 Å². The van der Waals surface area contributed by atoms with Crippen LogP contribution in [0.1, 0.15) is 99.3 Å². The molecular weight excluding hydrogens is 272 g/mol. The molecule has 4 unspecified atom stereocenters. The summed E-state index contributed by atoms with van der Waals surface area (Å²) >= 11 is 0. The minimum atomic E-state index is -0.563. The molecule has 0 heterocycles. The molecule has 0 radical (unpaired) electrons. The second-order valence-electron chi connectivity index (χ2n) is 7.87. The number of rotatable bonds is 13. The molecule has 0 aliphatic heterocycles. The van der Waals surface area contributed by atoms with E-state index >= 15 is 0 Å². The number of carboxylic acids is 1. The predicted molar refractivity (Wildman–Crippen MR) is 96.1 cm³/mol. The lowest BCUT2D eigenvalue weighted by Gasteiger charge is -2.35. The first-order valence-corrected chi connectivity index (χ1v) is 9.54. The molecular formula is C20H40O2.